The molecule has 3 rings (SSSR count). The molecular weight excluding hydrogens is 290 g/mol. The molecule has 2 fully saturated rings. The zero-order valence-electron chi connectivity index (χ0n) is 13.7. The molecule has 1 amide bonds. The van der Waals surface area contributed by atoms with Gasteiger partial charge in [-0.1, -0.05) is 30.3 Å². The molecule has 23 heavy (non-hydrogen) atoms. The van der Waals surface area contributed by atoms with Crippen LogP contribution in [0.25, 0.3) is 0 Å². The lowest BCUT2D eigenvalue weighted by Crippen LogP contribution is -2.48. The van der Waals surface area contributed by atoms with Crippen molar-refractivity contribution < 1.29 is 4.79 Å². The maximum Gasteiger partial charge on any atom is 0.240 e. The molecule has 0 bridgehead atoms. The van der Waals surface area contributed by atoms with E-state index in [1.807, 2.05) is 6.92 Å². The zero-order valence-corrected chi connectivity index (χ0v) is 13.7. The molecule has 2 atom stereocenters. The monoisotopic (exact) mass is 317 g/mol. The third kappa shape index (κ3) is 4.29. The summed E-state index contributed by atoms with van der Waals surface area (Å²) in [6.07, 6.45) is 2.40. The van der Waals surface area contributed by atoms with Crippen molar-refractivity contribution in [2.45, 2.75) is 37.8 Å². The SMILES string of the molecule is CC1NNNC1C(=O)NCCN1CCC(c2ccccc2)CC1. The summed E-state index contributed by atoms with van der Waals surface area (Å²) in [5.74, 6) is 0.733. The quantitative estimate of drug-likeness (QED) is 0.631. The third-order valence-corrected chi connectivity index (χ3v) is 4.90. The molecular formula is C17H27N5O. The molecule has 4 N–H and O–H groups in total. The van der Waals surface area contributed by atoms with E-state index in [1.54, 1.807) is 0 Å². The zero-order chi connectivity index (χ0) is 16.1. The van der Waals surface area contributed by atoms with Crippen LogP contribution in [0.15, 0.2) is 30.3 Å². The van der Waals surface area contributed by atoms with Crippen LogP contribution < -0.4 is 21.7 Å². The van der Waals surface area contributed by atoms with Crippen LogP contribution in [0.3, 0.4) is 0 Å². The molecule has 1 aromatic rings. The molecule has 2 aliphatic heterocycles. The Hall–Kier alpha value is -1.47. The Bertz CT molecular complexity index is 501. The summed E-state index contributed by atoms with van der Waals surface area (Å²) in [6, 6.07) is 10.7. The van der Waals surface area contributed by atoms with Crippen LogP contribution >= 0.6 is 0 Å². The highest BCUT2D eigenvalue weighted by molar-refractivity contribution is 5.82. The summed E-state index contributed by atoms with van der Waals surface area (Å²) in [7, 11) is 0. The summed E-state index contributed by atoms with van der Waals surface area (Å²) in [4.78, 5) is 14.5. The van der Waals surface area contributed by atoms with Crippen molar-refractivity contribution in [3.63, 3.8) is 0 Å². The van der Waals surface area contributed by atoms with Gasteiger partial charge in [-0.15, -0.1) is 0 Å². The fourth-order valence-corrected chi connectivity index (χ4v) is 3.40. The minimum atomic E-state index is -0.209. The number of hydrazine groups is 2. The van der Waals surface area contributed by atoms with E-state index in [-0.39, 0.29) is 18.0 Å². The van der Waals surface area contributed by atoms with Crippen LogP contribution in [0.2, 0.25) is 0 Å². The first-order chi connectivity index (χ1) is 11.2. The number of hydrogen-bond donors (Lipinski definition) is 4. The summed E-state index contributed by atoms with van der Waals surface area (Å²) < 4.78 is 0. The van der Waals surface area contributed by atoms with Gasteiger partial charge < -0.3 is 10.2 Å². The standard InChI is InChI=1S/C17H27N5O/c1-13-16(20-21-19-13)17(23)18-9-12-22-10-7-15(8-11-22)14-5-3-2-4-6-14/h2-6,13,15-16,19-21H,7-12H2,1H3,(H,18,23). The number of rotatable bonds is 5. The van der Waals surface area contributed by atoms with Crippen molar-refractivity contribution in [1.29, 1.82) is 0 Å². The Labute approximate surface area is 137 Å². The number of likely N-dealkylation sites (tertiary alicyclic amines) is 1. The lowest BCUT2D eigenvalue weighted by atomic mass is 9.89. The van der Waals surface area contributed by atoms with Crippen LogP contribution in [0.1, 0.15) is 31.2 Å². The fraction of sp³-hybridized carbons (Fsp3) is 0.588. The maximum absolute atomic E-state index is 12.1. The van der Waals surface area contributed by atoms with Crippen LogP contribution in [-0.4, -0.2) is 49.1 Å². The lowest BCUT2D eigenvalue weighted by Gasteiger charge is -2.32. The molecule has 0 radical (unpaired) electrons. The van der Waals surface area contributed by atoms with Crippen molar-refractivity contribution in [2.75, 3.05) is 26.2 Å². The van der Waals surface area contributed by atoms with Crippen molar-refractivity contribution in [2.24, 2.45) is 0 Å². The lowest BCUT2D eigenvalue weighted by molar-refractivity contribution is -0.123. The van der Waals surface area contributed by atoms with Gasteiger partial charge >= 0.3 is 0 Å². The third-order valence-electron chi connectivity index (χ3n) is 4.90. The number of amides is 1. The molecule has 0 saturated carbocycles. The molecule has 2 heterocycles. The summed E-state index contributed by atoms with van der Waals surface area (Å²) in [5, 5.41) is 3.02. The number of nitrogens with zero attached hydrogens (tertiary/aromatic N) is 1. The van der Waals surface area contributed by atoms with Gasteiger partial charge in [0.2, 0.25) is 5.91 Å². The van der Waals surface area contributed by atoms with Gasteiger partial charge in [0.15, 0.2) is 0 Å². The van der Waals surface area contributed by atoms with Gasteiger partial charge in [-0.05, 0) is 44.3 Å². The maximum atomic E-state index is 12.1. The van der Waals surface area contributed by atoms with Crippen LogP contribution in [0.4, 0.5) is 0 Å². The first kappa shape index (κ1) is 16.4. The predicted molar refractivity (Wildman–Crippen MR) is 90.5 cm³/mol. The van der Waals surface area contributed by atoms with E-state index in [0.29, 0.717) is 12.5 Å². The summed E-state index contributed by atoms with van der Waals surface area (Å²) in [6.45, 7) is 5.83. The van der Waals surface area contributed by atoms with E-state index < -0.39 is 0 Å². The molecule has 126 valence electrons. The summed E-state index contributed by atoms with van der Waals surface area (Å²) in [5.41, 5.74) is 10.2. The Morgan fingerprint density at radius 3 is 2.61 bits per heavy atom. The number of nitrogens with one attached hydrogen (secondary N) is 4. The highest BCUT2D eigenvalue weighted by Crippen LogP contribution is 2.27. The van der Waals surface area contributed by atoms with Crippen molar-refractivity contribution in [1.82, 2.24) is 26.6 Å². The number of hydrogen-bond acceptors (Lipinski definition) is 5. The van der Waals surface area contributed by atoms with Gasteiger partial charge in [-0.25, -0.2) is 10.9 Å². The highest BCUT2D eigenvalue weighted by Gasteiger charge is 2.29. The first-order valence-electron chi connectivity index (χ1n) is 8.55. The van der Waals surface area contributed by atoms with E-state index in [1.165, 1.54) is 18.4 Å². The van der Waals surface area contributed by atoms with Crippen LogP contribution in [0.5, 0.6) is 0 Å². The normalized spacial score (nSPS) is 26.3. The minimum Gasteiger partial charge on any atom is -0.353 e. The van der Waals surface area contributed by atoms with E-state index in [2.05, 4.69) is 56.9 Å². The second kappa shape index (κ2) is 7.88. The Morgan fingerprint density at radius 2 is 1.96 bits per heavy atom. The van der Waals surface area contributed by atoms with Gasteiger partial charge in [-0.2, -0.15) is 5.53 Å². The first-order valence-corrected chi connectivity index (χ1v) is 8.55. The average Bonchev–Trinajstić information content (AvgIpc) is 3.02. The largest absolute Gasteiger partial charge is 0.353 e. The molecule has 0 aliphatic carbocycles. The molecule has 0 aromatic heterocycles. The molecule has 6 nitrogen and oxygen atoms in total. The number of piperidine rings is 1. The van der Waals surface area contributed by atoms with Crippen LogP contribution in [0, 0.1) is 0 Å². The second-order valence-corrected chi connectivity index (χ2v) is 6.50. The smallest absolute Gasteiger partial charge is 0.240 e. The van der Waals surface area contributed by atoms with Crippen molar-refractivity contribution >= 4 is 5.91 Å². The topological polar surface area (TPSA) is 68.4 Å². The van der Waals surface area contributed by atoms with Gasteiger partial charge in [0.25, 0.3) is 0 Å². The summed E-state index contributed by atoms with van der Waals surface area (Å²) >= 11 is 0. The molecule has 2 unspecified atom stereocenters. The molecule has 6 heteroatoms. The predicted octanol–water partition coefficient (Wildman–Crippen LogP) is 0.352. The van der Waals surface area contributed by atoms with Crippen molar-refractivity contribution in [3.05, 3.63) is 35.9 Å². The number of carbonyl (C=O) groups excluding carboxylic acids is 1. The van der Waals surface area contributed by atoms with Gasteiger partial charge in [0.05, 0.1) is 0 Å². The Kier molecular flexibility index (Phi) is 5.61. The van der Waals surface area contributed by atoms with Gasteiger partial charge in [0, 0.05) is 19.1 Å². The molecule has 0 spiro atoms. The van der Waals surface area contributed by atoms with E-state index in [0.717, 1.165) is 19.6 Å². The number of benzene rings is 1. The Balaban J connectivity index is 1.35. The second-order valence-electron chi connectivity index (χ2n) is 6.50. The van der Waals surface area contributed by atoms with Crippen molar-refractivity contribution in [3.8, 4) is 0 Å². The molecule has 2 saturated heterocycles. The molecule has 2 aliphatic rings. The van der Waals surface area contributed by atoms with Gasteiger partial charge in [-0.3, -0.25) is 4.79 Å². The Morgan fingerprint density at radius 1 is 1.22 bits per heavy atom. The van der Waals surface area contributed by atoms with Crippen LogP contribution in [-0.2, 0) is 4.79 Å². The number of carbonyl (C=O) groups is 1. The average molecular weight is 317 g/mol. The fourth-order valence-electron chi connectivity index (χ4n) is 3.40. The van der Waals surface area contributed by atoms with E-state index in [4.69, 9.17) is 0 Å². The van der Waals surface area contributed by atoms with E-state index >= 15 is 0 Å². The van der Waals surface area contributed by atoms with E-state index in [9.17, 15) is 4.79 Å². The minimum absolute atomic E-state index is 0.0502. The van der Waals surface area contributed by atoms with Gasteiger partial charge in [0.1, 0.15) is 6.04 Å². The highest BCUT2D eigenvalue weighted by atomic mass is 16.2. The molecule has 1 aromatic carbocycles.